The maximum absolute atomic E-state index is 11.7. The molecule has 0 bridgehead atoms. The highest BCUT2D eigenvalue weighted by Crippen LogP contribution is 2.53. The fourth-order valence-corrected chi connectivity index (χ4v) is 4.19. The Morgan fingerprint density at radius 1 is 1.21 bits per heavy atom. The van der Waals surface area contributed by atoms with Gasteiger partial charge in [-0.2, -0.15) is 0 Å². The average Bonchev–Trinajstić information content (AvgIpc) is 3.22. The number of esters is 1. The minimum Gasteiger partial charge on any atom is -0.494 e. The van der Waals surface area contributed by atoms with Crippen LogP contribution in [0, 0.1) is 16.0 Å². The van der Waals surface area contributed by atoms with Crippen LogP contribution < -0.4 is 10.1 Å². The van der Waals surface area contributed by atoms with Crippen LogP contribution in [0.1, 0.15) is 39.9 Å². The van der Waals surface area contributed by atoms with Gasteiger partial charge in [-0.1, -0.05) is 24.3 Å². The van der Waals surface area contributed by atoms with Crippen molar-refractivity contribution in [1.29, 1.82) is 0 Å². The third kappa shape index (κ3) is 2.89. The van der Waals surface area contributed by atoms with Gasteiger partial charge in [0, 0.05) is 12.0 Å². The standard InChI is InChI=1S/C21H20N2O5/c1-27-18-11-14(23(25)26)10-17-15-4-3-5-16(15)19(22-20(17)18)12-6-8-13(9-7-12)21(24)28-2/h3-4,6-11,15-16,19,22H,5H2,1-2H3/t15-,16+,19+/m1/s1. The first-order chi connectivity index (χ1) is 13.5. The van der Waals surface area contributed by atoms with E-state index in [0.29, 0.717) is 11.3 Å². The summed E-state index contributed by atoms with van der Waals surface area (Å²) in [5, 5.41) is 14.8. The minimum atomic E-state index is -0.395. The number of nitrogens with one attached hydrogen (secondary N) is 1. The third-order valence-electron chi connectivity index (χ3n) is 5.54. The highest BCUT2D eigenvalue weighted by Gasteiger charge is 2.40. The highest BCUT2D eigenvalue weighted by molar-refractivity contribution is 5.89. The van der Waals surface area contributed by atoms with Crippen LogP contribution in [-0.2, 0) is 4.74 Å². The normalized spacial score (nSPS) is 22.0. The van der Waals surface area contributed by atoms with Gasteiger partial charge in [0.25, 0.3) is 5.69 Å². The van der Waals surface area contributed by atoms with Crippen molar-refractivity contribution >= 4 is 17.3 Å². The molecule has 0 spiro atoms. The van der Waals surface area contributed by atoms with Crippen LogP contribution in [0.4, 0.5) is 11.4 Å². The Bertz CT molecular complexity index is 968. The van der Waals surface area contributed by atoms with E-state index in [1.54, 1.807) is 18.2 Å². The number of hydrogen-bond acceptors (Lipinski definition) is 6. The largest absolute Gasteiger partial charge is 0.494 e. The van der Waals surface area contributed by atoms with Crippen LogP contribution in [0.15, 0.2) is 48.6 Å². The third-order valence-corrected chi connectivity index (χ3v) is 5.54. The van der Waals surface area contributed by atoms with E-state index in [1.165, 1.54) is 20.3 Å². The van der Waals surface area contributed by atoms with Gasteiger partial charge in [0.05, 0.1) is 42.5 Å². The molecule has 28 heavy (non-hydrogen) atoms. The van der Waals surface area contributed by atoms with Crippen LogP contribution >= 0.6 is 0 Å². The molecular weight excluding hydrogens is 360 g/mol. The predicted octanol–water partition coefficient (Wildman–Crippen LogP) is 4.22. The number of methoxy groups -OCH3 is 2. The van der Waals surface area contributed by atoms with Gasteiger partial charge in [0.2, 0.25) is 0 Å². The second-order valence-electron chi connectivity index (χ2n) is 6.96. The summed E-state index contributed by atoms with van der Waals surface area (Å²) in [7, 11) is 2.87. The number of carbonyl (C=O) groups excluding carboxylic acids is 1. The van der Waals surface area contributed by atoms with E-state index in [0.717, 1.165) is 23.2 Å². The van der Waals surface area contributed by atoms with Crippen molar-refractivity contribution < 1.29 is 19.2 Å². The number of carbonyl (C=O) groups is 1. The number of nitro groups is 1. The first-order valence-corrected chi connectivity index (χ1v) is 9.01. The van der Waals surface area contributed by atoms with Crippen LogP contribution in [0.25, 0.3) is 0 Å². The van der Waals surface area contributed by atoms with Gasteiger partial charge in [-0.05, 0) is 35.6 Å². The fraction of sp³-hybridized carbons (Fsp3) is 0.286. The summed E-state index contributed by atoms with van der Waals surface area (Å²) in [5.74, 6) is 0.375. The van der Waals surface area contributed by atoms with Gasteiger partial charge < -0.3 is 14.8 Å². The molecule has 1 heterocycles. The Morgan fingerprint density at radius 2 is 1.96 bits per heavy atom. The smallest absolute Gasteiger partial charge is 0.337 e. The lowest BCUT2D eigenvalue weighted by atomic mass is 9.76. The number of fused-ring (bicyclic) bond motifs is 3. The highest BCUT2D eigenvalue weighted by atomic mass is 16.6. The number of allylic oxidation sites excluding steroid dienone is 2. The fourth-order valence-electron chi connectivity index (χ4n) is 4.19. The number of rotatable bonds is 4. The summed E-state index contributed by atoms with van der Waals surface area (Å²) < 4.78 is 10.2. The van der Waals surface area contributed by atoms with Crippen LogP contribution in [0.5, 0.6) is 5.75 Å². The van der Waals surface area contributed by atoms with Crippen molar-refractivity contribution in [3.63, 3.8) is 0 Å². The number of nitro benzene ring substituents is 1. The zero-order valence-electron chi connectivity index (χ0n) is 15.5. The minimum absolute atomic E-state index is 0.00504. The van der Waals surface area contributed by atoms with E-state index in [2.05, 4.69) is 17.5 Å². The predicted molar refractivity (Wildman–Crippen MR) is 104 cm³/mol. The molecule has 1 aliphatic carbocycles. The van der Waals surface area contributed by atoms with Crippen LogP contribution in [-0.4, -0.2) is 25.1 Å². The van der Waals surface area contributed by atoms with Crippen LogP contribution in [0.2, 0.25) is 0 Å². The monoisotopic (exact) mass is 380 g/mol. The molecule has 0 unspecified atom stereocenters. The van der Waals surface area contributed by atoms with Crippen molar-refractivity contribution in [2.24, 2.45) is 5.92 Å². The van der Waals surface area contributed by atoms with Gasteiger partial charge in [-0.3, -0.25) is 10.1 Å². The maximum Gasteiger partial charge on any atom is 0.337 e. The van der Waals surface area contributed by atoms with E-state index in [1.807, 2.05) is 12.1 Å². The van der Waals surface area contributed by atoms with Crippen LogP contribution in [0.3, 0.4) is 0 Å². The van der Waals surface area contributed by atoms with E-state index in [-0.39, 0.29) is 29.5 Å². The van der Waals surface area contributed by atoms with Gasteiger partial charge in [0.1, 0.15) is 5.75 Å². The summed E-state index contributed by atoms with van der Waals surface area (Å²) in [6.07, 6.45) is 5.10. The Morgan fingerprint density at radius 3 is 2.61 bits per heavy atom. The quantitative estimate of drug-likeness (QED) is 0.370. The van der Waals surface area contributed by atoms with Crippen molar-refractivity contribution in [2.75, 3.05) is 19.5 Å². The maximum atomic E-state index is 11.7. The zero-order valence-corrected chi connectivity index (χ0v) is 15.5. The molecule has 7 nitrogen and oxygen atoms in total. The molecule has 0 saturated carbocycles. The van der Waals surface area contributed by atoms with Gasteiger partial charge in [-0.15, -0.1) is 0 Å². The molecule has 7 heteroatoms. The molecule has 1 aliphatic heterocycles. The lowest BCUT2D eigenvalue weighted by molar-refractivity contribution is -0.385. The number of ether oxygens (including phenoxy) is 2. The summed E-state index contributed by atoms with van der Waals surface area (Å²) in [6, 6.07) is 10.4. The number of benzene rings is 2. The number of anilines is 1. The van der Waals surface area contributed by atoms with Crippen molar-refractivity contribution in [1.82, 2.24) is 0 Å². The SMILES string of the molecule is COC(=O)c1ccc([C@@H]2Nc3c(OC)cc([N+](=O)[O-])cc3[C@@H]3C=CC[C@@H]32)cc1. The molecule has 4 rings (SSSR count). The number of non-ortho nitro benzene ring substituents is 1. The Kier molecular flexibility index (Phi) is 4.50. The molecule has 0 radical (unpaired) electrons. The zero-order chi connectivity index (χ0) is 19.8. The average molecular weight is 380 g/mol. The molecular formula is C21H20N2O5. The van der Waals surface area contributed by atoms with Gasteiger partial charge >= 0.3 is 5.97 Å². The summed E-state index contributed by atoms with van der Waals surface area (Å²) in [5.41, 5.74) is 3.22. The molecule has 0 aromatic heterocycles. The summed E-state index contributed by atoms with van der Waals surface area (Å²) in [6.45, 7) is 0. The van der Waals surface area contributed by atoms with E-state index >= 15 is 0 Å². The molecule has 2 aromatic rings. The lowest BCUT2D eigenvalue weighted by Gasteiger charge is -2.38. The topological polar surface area (TPSA) is 90.7 Å². The molecule has 3 atom stereocenters. The molecule has 0 amide bonds. The molecule has 0 fully saturated rings. The summed E-state index contributed by atoms with van der Waals surface area (Å²) in [4.78, 5) is 22.6. The number of nitrogens with zero attached hydrogens (tertiary/aromatic N) is 1. The van der Waals surface area contributed by atoms with Crippen molar-refractivity contribution in [3.8, 4) is 5.75 Å². The second-order valence-corrected chi connectivity index (χ2v) is 6.96. The van der Waals surface area contributed by atoms with E-state index in [4.69, 9.17) is 9.47 Å². The van der Waals surface area contributed by atoms with Crippen molar-refractivity contribution in [3.05, 3.63) is 75.4 Å². The first kappa shape index (κ1) is 18.0. The second kappa shape index (κ2) is 6.99. The molecule has 2 aliphatic rings. The summed E-state index contributed by atoms with van der Waals surface area (Å²) >= 11 is 0. The molecule has 0 saturated heterocycles. The number of hydrogen-bond donors (Lipinski definition) is 1. The van der Waals surface area contributed by atoms with Gasteiger partial charge in [-0.25, -0.2) is 4.79 Å². The van der Waals surface area contributed by atoms with Crippen molar-refractivity contribution in [2.45, 2.75) is 18.4 Å². The molecule has 1 N–H and O–H groups in total. The Labute approximate surface area is 162 Å². The first-order valence-electron chi connectivity index (χ1n) is 9.01. The van der Waals surface area contributed by atoms with Gasteiger partial charge in [0.15, 0.2) is 0 Å². The molecule has 144 valence electrons. The Balaban J connectivity index is 1.76. The Hall–Kier alpha value is -3.35. The molecule has 2 aromatic carbocycles. The lowest BCUT2D eigenvalue weighted by Crippen LogP contribution is -2.29. The van der Waals surface area contributed by atoms with E-state index < -0.39 is 4.92 Å². The van der Waals surface area contributed by atoms with E-state index in [9.17, 15) is 14.9 Å².